The Morgan fingerprint density at radius 2 is 2.29 bits per heavy atom. The van der Waals surface area contributed by atoms with Crippen LogP contribution in [0.1, 0.15) is 43.1 Å². The van der Waals surface area contributed by atoms with E-state index in [9.17, 15) is 0 Å². The number of hydrogen-bond donors (Lipinski definition) is 1. The van der Waals surface area contributed by atoms with Gasteiger partial charge in [-0.3, -0.25) is 4.90 Å². The predicted octanol–water partition coefficient (Wildman–Crippen LogP) is 2.59. The third-order valence-electron chi connectivity index (χ3n) is 3.37. The highest BCUT2D eigenvalue weighted by molar-refractivity contribution is 7.11. The summed E-state index contributed by atoms with van der Waals surface area (Å²) in [6.07, 6.45) is 3.20. The van der Waals surface area contributed by atoms with Crippen molar-refractivity contribution in [2.45, 2.75) is 45.7 Å². The molecule has 1 aliphatic heterocycles. The van der Waals surface area contributed by atoms with E-state index in [1.807, 2.05) is 17.5 Å². The molecule has 1 unspecified atom stereocenters. The van der Waals surface area contributed by atoms with Crippen LogP contribution in [0.25, 0.3) is 0 Å². The molecule has 1 atom stereocenters. The number of aryl methyl sites for hydroxylation is 1. The molecule has 1 aromatic heterocycles. The van der Waals surface area contributed by atoms with Crippen molar-refractivity contribution in [3.8, 4) is 0 Å². The summed E-state index contributed by atoms with van der Waals surface area (Å²) in [6, 6.07) is 0.438. The lowest BCUT2D eigenvalue weighted by Gasteiger charge is -2.33. The molecule has 0 saturated carbocycles. The summed E-state index contributed by atoms with van der Waals surface area (Å²) in [4.78, 5) is 8.38. The number of thiazole rings is 1. The van der Waals surface area contributed by atoms with E-state index >= 15 is 0 Å². The fourth-order valence-electron chi connectivity index (χ4n) is 2.40. The fourth-order valence-corrected chi connectivity index (χ4v) is 3.26. The first-order chi connectivity index (χ1) is 7.98. The summed E-state index contributed by atoms with van der Waals surface area (Å²) in [5.41, 5.74) is 0.205. The van der Waals surface area contributed by atoms with Crippen LogP contribution in [0, 0.1) is 6.92 Å². The normalized spacial score (nSPS) is 23.3. The van der Waals surface area contributed by atoms with Crippen LogP contribution in [0.4, 0.5) is 0 Å². The molecular formula is C13H23N3S. The Balaban J connectivity index is 2.10. The molecule has 1 fully saturated rings. The van der Waals surface area contributed by atoms with Gasteiger partial charge in [-0.1, -0.05) is 0 Å². The molecule has 3 nitrogen and oxygen atoms in total. The lowest BCUT2D eigenvalue weighted by Crippen LogP contribution is -2.46. The maximum atomic E-state index is 4.53. The highest BCUT2D eigenvalue weighted by Crippen LogP contribution is 2.27. The van der Waals surface area contributed by atoms with E-state index < -0.39 is 0 Å². The molecule has 1 aromatic rings. The van der Waals surface area contributed by atoms with E-state index in [0.29, 0.717) is 6.04 Å². The lowest BCUT2D eigenvalue weighted by atomic mass is 10.0. The van der Waals surface area contributed by atoms with Gasteiger partial charge in [0.05, 0.1) is 6.04 Å². The van der Waals surface area contributed by atoms with E-state index in [0.717, 1.165) is 19.6 Å². The Morgan fingerprint density at radius 3 is 2.94 bits per heavy atom. The molecule has 0 radical (unpaired) electrons. The highest BCUT2D eigenvalue weighted by atomic mass is 32.1. The van der Waals surface area contributed by atoms with Gasteiger partial charge < -0.3 is 5.32 Å². The maximum Gasteiger partial charge on any atom is 0.110 e. The van der Waals surface area contributed by atoms with Gasteiger partial charge in [-0.2, -0.15) is 0 Å². The van der Waals surface area contributed by atoms with Gasteiger partial charge in [0.15, 0.2) is 0 Å². The van der Waals surface area contributed by atoms with Gasteiger partial charge in [0, 0.05) is 29.7 Å². The first-order valence-corrected chi connectivity index (χ1v) is 7.21. The molecule has 17 heavy (non-hydrogen) atoms. The van der Waals surface area contributed by atoms with Crippen molar-refractivity contribution in [1.29, 1.82) is 0 Å². The molecule has 0 bridgehead atoms. The monoisotopic (exact) mass is 253 g/mol. The molecule has 0 amide bonds. The van der Waals surface area contributed by atoms with Gasteiger partial charge in [-0.15, -0.1) is 11.3 Å². The number of hydrogen-bond acceptors (Lipinski definition) is 4. The van der Waals surface area contributed by atoms with Crippen LogP contribution in [0.2, 0.25) is 0 Å². The summed E-state index contributed by atoms with van der Waals surface area (Å²) >= 11 is 1.82. The Hall–Kier alpha value is -0.450. The van der Waals surface area contributed by atoms with Crippen LogP contribution >= 0.6 is 11.3 Å². The molecule has 1 saturated heterocycles. The zero-order chi connectivity index (χ0) is 12.5. The standard InChI is InChI=1S/C13H23N3S/c1-10-8-14-12(17-10)11(2)16-7-5-6-15-13(3,4)9-16/h8,11,15H,5-7,9H2,1-4H3. The number of aromatic nitrogens is 1. The fraction of sp³-hybridized carbons (Fsp3) is 0.769. The molecule has 4 heteroatoms. The third kappa shape index (κ3) is 3.27. The number of nitrogens with one attached hydrogen (secondary N) is 1. The molecule has 2 heterocycles. The third-order valence-corrected chi connectivity index (χ3v) is 4.45. The van der Waals surface area contributed by atoms with Gasteiger partial charge in [0.2, 0.25) is 0 Å². The molecule has 0 aliphatic carbocycles. The van der Waals surface area contributed by atoms with E-state index in [2.05, 4.69) is 42.9 Å². The van der Waals surface area contributed by atoms with Gasteiger partial charge >= 0.3 is 0 Å². The quantitative estimate of drug-likeness (QED) is 0.878. The van der Waals surface area contributed by atoms with Crippen molar-refractivity contribution < 1.29 is 0 Å². The summed E-state index contributed by atoms with van der Waals surface area (Å²) in [5, 5.41) is 4.85. The van der Waals surface area contributed by atoms with Gasteiger partial charge in [-0.25, -0.2) is 4.98 Å². The van der Waals surface area contributed by atoms with Crippen molar-refractivity contribution in [1.82, 2.24) is 15.2 Å². The average molecular weight is 253 g/mol. The topological polar surface area (TPSA) is 28.2 Å². The smallest absolute Gasteiger partial charge is 0.110 e. The van der Waals surface area contributed by atoms with E-state index in [1.54, 1.807) is 0 Å². The Kier molecular flexibility index (Phi) is 3.85. The first-order valence-electron chi connectivity index (χ1n) is 6.39. The van der Waals surface area contributed by atoms with Crippen LogP contribution in [0.5, 0.6) is 0 Å². The Bertz CT molecular complexity index is 372. The largest absolute Gasteiger partial charge is 0.310 e. The van der Waals surface area contributed by atoms with E-state index in [-0.39, 0.29) is 5.54 Å². The minimum absolute atomic E-state index is 0.205. The SMILES string of the molecule is Cc1cnc(C(C)N2CCCNC(C)(C)C2)s1. The van der Waals surface area contributed by atoms with Crippen LogP contribution in [-0.2, 0) is 0 Å². The molecule has 1 aliphatic rings. The Morgan fingerprint density at radius 1 is 1.53 bits per heavy atom. The second kappa shape index (κ2) is 5.04. The summed E-state index contributed by atoms with van der Waals surface area (Å²) < 4.78 is 0. The molecule has 96 valence electrons. The minimum atomic E-state index is 0.205. The van der Waals surface area contributed by atoms with Crippen LogP contribution in [-0.4, -0.2) is 35.1 Å². The summed E-state index contributed by atoms with van der Waals surface area (Å²) in [7, 11) is 0. The maximum absolute atomic E-state index is 4.53. The van der Waals surface area contributed by atoms with E-state index in [4.69, 9.17) is 0 Å². The minimum Gasteiger partial charge on any atom is -0.310 e. The summed E-state index contributed by atoms with van der Waals surface area (Å²) in [5.74, 6) is 0. The molecule has 0 spiro atoms. The predicted molar refractivity (Wildman–Crippen MR) is 73.5 cm³/mol. The molecule has 0 aromatic carbocycles. The van der Waals surface area contributed by atoms with Crippen LogP contribution in [0.3, 0.4) is 0 Å². The van der Waals surface area contributed by atoms with Crippen molar-refractivity contribution in [3.05, 3.63) is 16.1 Å². The number of rotatable bonds is 2. The zero-order valence-corrected chi connectivity index (χ0v) is 12.1. The zero-order valence-electron chi connectivity index (χ0n) is 11.3. The second-order valence-electron chi connectivity index (χ2n) is 5.62. The lowest BCUT2D eigenvalue weighted by molar-refractivity contribution is 0.180. The van der Waals surface area contributed by atoms with Gasteiger partial charge in [0.1, 0.15) is 5.01 Å². The Labute approximate surface area is 108 Å². The van der Waals surface area contributed by atoms with E-state index in [1.165, 1.54) is 16.3 Å². The van der Waals surface area contributed by atoms with Gasteiger partial charge in [0.25, 0.3) is 0 Å². The molecule has 2 rings (SSSR count). The van der Waals surface area contributed by atoms with Crippen molar-refractivity contribution in [3.63, 3.8) is 0 Å². The first kappa shape index (κ1) is 13.0. The number of nitrogens with zero attached hydrogens (tertiary/aromatic N) is 2. The summed E-state index contributed by atoms with van der Waals surface area (Å²) in [6.45, 7) is 12.3. The van der Waals surface area contributed by atoms with Gasteiger partial charge in [-0.05, 0) is 40.7 Å². The average Bonchev–Trinajstić information content (AvgIpc) is 2.59. The second-order valence-corrected chi connectivity index (χ2v) is 6.89. The van der Waals surface area contributed by atoms with Crippen molar-refractivity contribution in [2.24, 2.45) is 0 Å². The van der Waals surface area contributed by atoms with Crippen molar-refractivity contribution >= 4 is 11.3 Å². The molecule has 1 N–H and O–H groups in total. The van der Waals surface area contributed by atoms with Crippen molar-refractivity contribution in [2.75, 3.05) is 19.6 Å². The highest BCUT2D eigenvalue weighted by Gasteiger charge is 2.28. The van der Waals surface area contributed by atoms with Crippen LogP contribution in [0.15, 0.2) is 6.20 Å². The molecular weight excluding hydrogens is 230 g/mol. The van der Waals surface area contributed by atoms with Crippen LogP contribution < -0.4 is 5.32 Å².